The van der Waals surface area contributed by atoms with Gasteiger partial charge in [0.1, 0.15) is 0 Å². The Labute approximate surface area is 87.9 Å². The van der Waals surface area contributed by atoms with Crippen LogP contribution in [0.2, 0.25) is 0 Å². The molecule has 0 unspecified atom stereocenters. The molecule has 2 N–H and O–H groups in total. The van der Waals surface area contributed by atoms with Gasteiger partial charge in [0.25, 0.3) is 0 Å². The lowest BCUT2D eigenvalue weighted by Crippen LogP contribution is -2.41. The number of hydrogen-bond acceptors (Lipinski definition) is 2. The zero-order valence-corrected chi connectivity index (χ0v) is 8.05. The largest absolute Gasteiger partial charge is 0.481 e. The van der Waals surface area contributed by atoms with Crippen LogP contribution in [-0.4, -0.2) is 34.0 Å². The lowest BCUT2D eigenvalue weighted by Gasteiger charge is -2.25. The fourth-order valence-electron chi connectivity index (χ4n) is 0.894. The van der Waals surface area contributed by atoms with E-state index in [1.165, 1.54) is 0 Å². The molecule has 0 aromatic rings. The van der Waals surface area contributed by atoms with E-state index in [1.54, 1.807) is 0 Å². The van der Waals surface area contributed by atoms with Crippen LogP contribution in [0.15, 0.2) is 0 Å². The fraction of sp³-hybridized carbons (Fsp3) is 0.750. The second kappa shape index (κ2) is 5.13. The Morgan fingerprint density at radius 2 is 1.06 bits per heavy atom. The summed E-state index contributed by atoms with van der Waals surface area (Å²) in [5, 5.41) is 16.2. The Hall–Kier alpha value is -1.34. The lowest BCUT2D eigenvalue weighted by molar-refractivity contribution is -0.217. The third kappa shape index (κ3) is 4.45. The SMILES string of the molecule is O=C(O)CCC(F)(F)C(F)(F)CCC(=O)O. The highest BCUT2D eigenvalue weighted by Crippen LogP contribution is 2.40. The number of hydrogen-bond donors (Lipinski definition) is 2. The first kappa shape index (κ1) is 14.7. The minimum Gasteiger partial charge on any atom is -0.481 e. The molecule has 0 fully saturated rings. The van der Waals surface area contributed by atoms with E-state index in [0.717, 1.165) is 0 Å². The maximum Gasteiger partial charge on any atom is 0.310 e. The van der Waals surface area contributed by atoms with Crippen molar-refractivity contribution in [2.24, 2.45) is 0 Å². The Balaban J connectivity index is 4.44. The van der Waals surface area contributed by atoms with E-state index in [2.05, 4.69) is 0 Å². The van der Waals surface area contributed by atoms with Gasteiger partial charge in [-0.1, -0.05) is 0 Å². The molecule has 0 atom stereocenters. The van der Waals surface area contributed by atoms with E-state index < -0.39 is 49.5 Å². The first-order valence-electron chi connectivity index (χ1n) is 4.28. The molecule has 0 amide bonds. The van der Waals surface area contributed by atoms with Crippen LogP contribution in [0.1, 0.15) is 25.7 Å². The highest BCUT2D eigenvalue weighted by molar-refractivity contribution is 5.67. The van der Waals surface area contributed by atoms with Crippen LogP contribution in [0.25, 0.3) is 0 Å². The molecule has 0 aliphatic heterocycles. The molecule has 0 aromatic heterocycles. The van der Waals surface area contributed by atoms with Gasteiger partial charge in [-0.3, -0.25) is 9.59 Å². The van der Waals surface area contributed by atoms with Crippen molar-refractivity contribution in [3.05, 3.63) is 0 Å². The smallest absolute Gasteiger partial charge is 0.310 e. The van der Waals surface area contributed by atoms with E-state index in [9.17, 15) is 27.2 Å². The summed E-state index contributed by atoms with van der Waals surface area (Å²) in [6, 6.07) is 0. The molecule has 0 bridgehead atoms. The summed E-state index contributed by atoms with van der Waals surface area (Å²) < 4.78 is 51.2. The van der Waals surface area contributed by atoms with Crippen molar-refractivity contribution in [1.29, 1.82) is 0 Å². The Kier molecular flexibility index (Phi) is 4.70. The first-order valence-corrected chi connectivity index (χ1v) is 4.28. The third-order valence-corrected chi connectivity index (χ3v) is 1.84. The molecule has 0 aliphatic carbocycles. The number of halogens is 4. The fourth-order valence-corrected chi connectivity index (χ4v) is 0.894. The van der Waals surface area contributed by atoms with Crippen molar-refractivity contribution in [2.45, 2.75) is 37.5 Å². The predicted molar refractivity (Wildman–Crippen MR) is 43.6 cm³/mol. The molecule has 0 aromatic carbocycles. The average molecular weight is 246 g/mol. The highest BCUT2D eigenvalue weighted by atomic mass is 19.3. The quantitative estimate of drug-likeness (QED) is 0.673. The number of aliphatic carboxylic acids is 2. The topological polar surface area (TPSA) is 74.6 Å². The van der Waals surface area contributed by atoms with E-state index in [0.29, 0.717) is 0 Å². The summed E-state index contributed by atoms with van der Waals surface area (Å²) in [4.78, 5) is 19.9. The molecule has 8 heteroatoms. The molecule has 0 rings (SSSR count). The molecule has 0 radical (unpaired) electrons. The van der Waals surface area contributed by atoms with Crippen LogP contribution in [0, 0.1) is 0 Å². The van der Waals surface area contributed by atoms with Gasteiger partial charge >= 0.3 is 23.8 Å². The Morgan fingerprint density at radius 3 is 1.25 bits per heavy atom. The van der Waals surface area contributed by atoms with Gasteiger partial charge in [-0.05, 0) is 0 Å². The van der Waals surface area contributed by atoms with Crippen molar-refractivity contribution in [3.63, 3.8) is 0 Å². The van der Waals surface area contributed by atoms with Crippen LogP contribution in [-0.2, 0) is 9.59 Å². The van der Waals surface area contributed by atoms with Crippen molar-refractivity contribution < 1.29 is 37.4 Å². The van der Waals surface area contributed by atoms with Crippen molar-refractivity contribution in [1.82, 2.24) is 0 Å². The molecule has 94 valence electrons. The second-order valence-electron chi connectivity index (χ2n) is 3.20. The summed E-state index contributed by atoms with van der Waals surface area (Å²) in [7, 11) is 0. The molecule has 16 heavy (non-hydrogen) atoms. The summed E-state index contributed by atoms with van der Waals surface area (Å²) in [5.74, 6) is -12.3. The molecular formula is C8H10F4O4. The van der Waals surface area contributed by atoms with Crippen LogP contribution in [0.4, 0.5) is 17.6 Å². The lowest BCUT2D eigenvalue weighted by atomic mass is 10.0. The Bertz CT molecular complexity index is 249. The van der Waals surface area contributed by atoms with Gasteiger partial charge in [0.05, 0.1) is 12.8 Å². The molecule has 0 saturated heterocycles. The van der Waals surface area contributed by atoms with Gasteiger partial charge in [0.15, 0.2) is 0 Å². The minimum absolute atomic E-state index is 1.10. The van der Waals surface area contributed by atoms with Gasteiger partial charge in [0.2, 0.25) is 0 Å². The monoisotopic (exact) mass is 246 g/mol. The number of rotatable bonds is 7. The average Bonchev–Trinajstić information content (AvgIpc) is 2.11. The number of carboxylic acids is 2. The zero-order valence-electron chi connectivity index (χ0n) is 8.05. The summed E-state index contributed by atoms with van der Waals surface area (Å²) in [6.07, 6.45) is -5.24. The molecule has 0 spiro atoms. The van der Waals surface area contributed by atoms with Crippen LogP contribution < -0.4 is 0 Å². The minimum atomic E-state index is -4.51. The summed E-state index contributed by atoms with van der Waals surface area (Å²) >= 11 is 0. The summed E-state index contributed by atoms with van der Waals surface area (Å²) in [5.41, 5.74) is 0. The van der Waals surface area contributed by atoms with E-state index in [1.807, 2.05) is 0 Å². The standard InChI is InChI=1S/C8H10F4O4/c9-7(10,3-1-5(13)14)8(11,12)4-2-6(15)16/h1-4H2,(H,13,14)(H,15,16). The van der Waals surface area contributed by atoms with E-state index in [-0.39, 0.29) is 0 Å². The first-order chi connectivity index (χ1) is 7.08. The third-order valence-electron chi connectivity index (χ3n) is 1.84. The van der Waals surface area contributed by atoms with Crippen LogP contribution in [0.5, 0.6) is 0 Å². The van der Waals surface area contributed by atoms with E-state index in [4.69, 9.17) is 10.2 Å². The van der Waals surface area contributed by atoms with Crippen molar-refractivity contribution in [3.8, 4) is 0 Å². The van der Waals surface area contributed by atoms with Gasteiger partial charge in [0, 0.05) is 12.8 Å². The summed E-state index contributed by atoms with van der Waals surface area (Å²) in [6.45, 7) is 0. The van der Waals surface area contributed by atoms with Gasteiger partial charge in [-0.25, -0.2) is 0 Å². The van der Waals surface area contributed by atoms with Crippen LogP contribution >= 0.6 is 0 Å². The maximum absolute atomic E-state index is 12.8. The van der Waals surface area contributed by atoms with Gasteiger partial charge in [-0.2, -0.15) is 17.6 Å². The Morgan fingerprint density at radius 1 is 0.812 bits per heavy atom. The zero-order chi connectivity index (χ0) is 13.0. The van der Waals surface area contributed by atoms with Gasteiger partial charge < -0.3 is 10.2 Å². The molecule has 0 aliphatic rings. The number of carboxylic acid groups (broad SMARTS) is 2. The predicted octanol–water partition coefficient (Wildman–Crippen LogP) is 1.99. The molecular weight excluding hydrogens is 236 g/mol. The number of carbonyl (C=O) groups is 2. The van der Waals surface area contributed by atoms with Gasteiger partial charge in [-0.15, -0.1) is 0 Å². The second-order valence-corrected chi connectivity index (χ2v) is 3.20. The normalized spacial score (nSPS) is 12.5. The maximum atomic E-state index is 12.8. The van der Waals surface area contributed by atoms with E-state index >= 15 is 0 Å². The number of alkyl halides is 4. The molecule has 4 nitrogen and oxygen atoms in total. The highest BCUT2D eigenvalue weighted by Gasteiger charge is 2.55. The van der Waals surface area contributed by atoms with Crippen molar-refractivity contribution in [2.75, 3.05) is 0 Å². The molecule has 0 saturated carbocycles. The van der Waals surface area contributed by atoms with Crippen molar-refractivity contribution >= 4 is 11.9 Å². The van der Waals surface area contributed by atoms with Crippen LogP contribution in [0.3, 0.4) is 0 Å². The molecule has 0 heterocycles.